The quantitative estimate of drug-likeness (QED) is 0.359. The van der Waals surface area contributed by atoms with Crippen LogP contribution in [0, 0.1) is 10.1 Å². The second-order valence-corrected chi connectivity index (χ2v) is 4.37. The van der Waals surface area contributed by atoms with E-state index in [1.807, 2.05) is 0 Å². The van der Waals surface area contributed by atoms with Crippen LogP contribution in [-0.2, 0) is 0 Å². The highest BCUT2D eigenvalue weighted by atomic mass is 32.2. The molecule has 1 aromatic rings. The Kier molecular flexibility index (Phi) is 5.04. The SMILES string of the molecule is CCCCSc1cc([N+](=O)[O-])cc(NC)n1. The number of hydrogen-bond donors (Lipinski definition) is 1. The first-order valence-corrected chi connectivity index (χ1v) is 6.13. The molecule has 0 bridgehead atoms. The molecule has 0 saturated heterocycles. The van der Waals surface area contributed by atoms with Crippen molar-refractivity contribution in [1.82, 2.24) is 4.98 Å². The van der Waals surface area contributed by atoms with Gasteiger partial charge in [-0.15, -0.1) is 11.8 Å². The van der Waals surface area contributed by atoms with Gasteiger partial charge in [-0.05, 0) is 12.2 Å². The highest BCUT2D eigenvalue weighted by Gasteiger charge is 2.10. The van der Waals surface area contributed by atoms with Gasteiger partial charge >= 0.3 is 0 Å². The van der Waals surface area contributed by atoms with E-state index in [0.717, 1.165) is 18.6 Å². The fraction of sp³-hybridized carbons (Fsp3) is 0.500. The summed E-state index contributed by atoms with van der Waals surface area (Å²) in [5.74, 6) is 1.47. The predicted octanol–water partition coefficient (Wildman–Crippen LogP) is 2.92. The van der Waals surface area contributed by atoms with Gasteiger partial charge in [0.05, 0.1) is 11.0 Å². The van der Waals surface area contributed by atoms with Crippen LogP contribution in [-0.4, -0.2) is 22.7 Å². The van der Waals surface area contributed by atoms with E-state index >= 15 is 0 Å². The molecule has 1 rings (SSSR count). The van der Waals surface area contributed by atoms with Crippen LogP contribution in [0.4, 0.5) is 11.5 Å². The van der Waals surface area contributed by atoms with Crippen molar-refractivity contribution in [1.29, 1.82) is 0 Å². The Morgan fingerprint density at radius 3 is 2.88 bits per heavy atom. The van der Waals surface area contributed by atoms with Crippen molar-refractivity contribution < 1.29 is 4.92 Å². The summed E-state index contributed by atoms with van der Waals surface area (Å²) in [5, 5.41) is 14.2. The molecule has 88 valence electrons. The third-order valence-electron chi connectivity index (χ3n) is 2.00. The molecule has 0 fully saturated rings. The molecule has 5 nitrogen and oxygen atoms in total. The van der Waals surface area contributed by atoms with Gasteiger partial charge in [0.1, 0.15) is 10.8 Å². The van der Waals surface area contributed by atoms with Crippen molar-refractivity contribution in [2.45, 2.75) is 24.8 Å². The highest BCUT2D eigenvalue weighted by Crippen LogP contribution is 2.24. The van der Waals surface area contributed by atoms with Gasteiger partial charge in [0.25, 0.3) is 5.69 Å². The van der Waals surface area contributed by atoms with Gasteiger partial charge in [-0.3, -0.25) is 10.1 Å². The average molecular weight is 241 g/mol. The fourth-order valence-electron chi connectivity index (χ4n) is 1.12. The van der Waals surface area contributed by atoms with Crippen LogP contribution in [0.15, 0.2) is 17.2 Å². The molecular formula is C10H15N3O2S. The smallest absolute Gasteiger partial charge is 0.275 e. The van der Waals surface area contributed by atoms with Gasteiger partial charge in [0.2, 0.25) is 0 Å². The van der Waals surface area contributed by atoms with Crippen molar-refractivity contribution >= 4 is 23.3 Å². The van der Waals surface area contributed by atoms with Crippen molar-refractivity contribution in [2.75, 3.05) is 18.1 Å². The summed E-state index contributed by atoms with van der Waals surface area (Å²) in [5.41, 5.74) is 0.0818. The van der Waals surface area contributed by atoms with Crippen LogP contribution >= 0.6 is 11.8 Å². The van der Waals surface area contributed by atoms with Crippen molar-refractivity contribution in [3.8, 4) is 0 Å². The second-order valence-electron chi connectivity index (χ2n) is 3.26. The number of aromatic nitrogens is 1. The summed E-state index contributed by atoms with van der Waals surface area (Å²) in [6, 6.07) is 2.95. The lowest BCUT2D eigenvalue weighted by Gasteiger charge is -2.03. The largest absolute Gasteiger partial charge is 0.373 e. The number of thioether (sulfide) groups is 1. The third kappa shape index (κ3) is 3.69. The minimum Gasteiger partial charge on any atom is -0.373 e. The lowest BCUT2D eigenvalue weighted by molar-refractivity contribution is -0.385. The first-order valence-electron chi connectivity index (χ1n) is 5.14. The molecule has 0 atom stereocenters. The van der Waals surface area contributed by atoms with E-state index in [-0.39, 0.29) is 5.69 Å². The summed E-state index contributed by atoms with van der Waals surface area (Å²) in [6.45, 7) is 2.11. The Morgan fingerprint density at radius 2 is 2.31 bits per heavy atom. The Balaban J connectivity index is 2.82. The van der Waals surface area contributed by atoms with E-state index in [2.05, 4.69) is 17.2 Å². The monoisotopic (exact) mass is 241 g/mol. The van der Waals surface area contributed by atoms with Gasteiger partial charge < -0.3 is 5.32 Å². The fourth-order valence-corrected chi connectivity index (χ4v) is 2.13. The number of nitrogens with one attached hydrogen (secondary N) is 1. The average Bonchev–Trinajstić information content (AvgIpc) is 2.29. The molecule has 1 heterocycles. The molecule has 16 heavy (non-hydrogen) atoms. The van der Waals surface area contributed by atoms with E-state index in [0.29, 0.717) is 10.8 Å². The lowest BCUT2D eigenvalue weighted by atomic mass is 10.4. The van der Waals surface area contributed by atoms with E-state index in [4.69, 9.17) is 0 Å². The molecule has 0 saturated carbocycles. The van der Waals surface area contributed by atoms with Crippen LogP contribution in [0.25, 0.3) is 0 Å². The van der Waals surface area contributed by atoms with Crippen LogP contribution in [0.1, 0.15) is 19.8 Å². The molecule has 0 aliphatic carbocycles. The van der Waals surface area contributed by atoms with Crippen molar-refractivity contribution in [2.24, 2.45) is 0 Å². The van der Waals surface area contributed by atoms with Gasteiger partial charge in [-0.25, -0.2) is 4.98 Å². The van der Waals surface area contributed by atoms with E-state index in [9.17, 15) is 10.1 Å². The summed E-state index contributed by atoms with van der Waals surface area (Å²) >= 11 is 1.55. The highest BCUT2D eigenvalue weighted by molar-refractivity contribution is 7.99. The van der Waals surface area contributed by atoms with E-state index < -0.39 is 4.92 Å². The first kappa shape index (κ1) is 12.8. The zero-order chi connectivity index (χ0) is 12.0. The molecule has 1 N–H and O–H groups in total. The summed E-state index contributed by atoms with van der Waals surface area (Å²) in [4.78, 5) is 14.5. The summed E-state index contributed by atoms with van der Waals surface area (Å²) in [6.07, 6.45) is 2.20. The van der Waals surface area contributed by atoms with Gasteiger partial charge in [-0.2, -0.15) is 0 Å². The first-order chi connectivity index (χ1) is 7.67. The number of unbranched alkanes of at least 4 members (excludes halogenated alkanes) is 1. The number of hydrogen-bond acceptors (Lipinski definition) is 5. The molecule has 6 heteroatoms. The predicted molar refractivity (Wildman–Crippen MR) is 66.1 cm³/mol. The van der Waals surface area contributed by atoms with Gasteiger partial charge in [-0.1, -0.05) is 13.3 Å². The minimum atomic E-state index is -0.396. The standard InChI is InChI=1S/C10H15N3O2S/c1-3-4-5-16-10-7-8(13(14)15)6-9(11-2)12-10/h6-7H,3-5H2,1-2H3,(H,11,12). The number of anilines is 1. The van der Waals surface area contributed by atoms with E-state index in [1.165, 1.54) is 12.1 Å². The molecule has 0 aliphatic heterocycles. The maximum atomic E-state index is 10.7. The molecule has 0 aromatic carbocycles. The molecule has 0 amide bonds. The Hall–Kier alpha value is -1.30. The number of pyridine rings is 1. The van der Waals surface area contributed by atoms with Crippen molar-refractivity contribution in [3.05, 3.63) is 22.2 Å². The van der Waals surface area contributed by atoms with Crippen molar-refractivity contribution in [3.63, 3.8) is 0 Å². The Labute approximate surface area is 98.8 Å². The van der Waals surface area contributed by atoms with Crippen LogP contribution in [0.3, 0.4) is 0 Å². The molecular weight excluding hydrogens is 226 g/mol. The second kappa shape index (κ2) is 6.32. The maximum Gasteiger partial charge on any atom is 0.275 e. The molecule has 0 spiro atoms. The zero-order valence-electron chi connectivity index (χ0n) is 9.40. The van der Waals surface area contributed by atoms with Gasteiger partial charge in [0, 0.05) is 13.1 Å². The maximum absolute atomic E-state index is 10.7. The van der Waals surface area contributed by atoms with Crippen LogP contribution in [0.2, 0.25) is 0 Å². The number of nitro groups is 1. The van der Waals surface area contributed by atoms with Gasteiger partial charge in [0.15, 0.2) is 0 Å². The van der Waals surface area contributed by atoms with Crippen LogP contribution in [0.5, 0.6) is 0 Å². The third-order valence-corrected chi connectivity index (χ3v) is 3.00. The van der Waals surface area contributed by atoms with Crippen LogP contribution < -0.4 is 5.32 Å². The summed E-state index contributed by atoms with van der Waals surface area (Å²) < 4.78 is 0. The molecule has 1 aromatic heterocycles. The number of rotatable bonds is 6. The Morgan fingerprint density at radius 1 is 1.56 bits per heavy atom. The topological polar surface area (TPSA) is 68.1 Å². The molecule has 0 unspecified atom stereocenters. The molecule has 0 radical (unpaired) electrons. The minimum absolute atomic E-state index is 0.0818. The summed E-state index contributed by atoms with van der Waals surface area (Å²) in [7, 11) is 1.70. The lowest BCUT2D eigenvalue weighted by Crippen LogP contribution is -1.97. The zero-order valence-corrected chi connectivity index (χ0v) is 10.2. The Bertz CT molecular complexity index is 371. The van der Waals surface area contributed by atoms with E-state index in [1.54, 1.807) is 18.8 Å². The normalized spacial score (nSPS) is 10.1. The number of nitrogens with zero attached hydrogens (tertiary/aromatic N) is 2. The molecule has 0 aliphatic rings.